The molecular formula is C21H22N4O4S. The van der Waals surface area contributed by atoms with Crippen molar-refractivity contribution in [2.75, 3.05) is 18.0 Å². The number of thiophene rings is 1. The number of amides is 2. The van der Waals surface area contributed by atoms with E-state index in [0.29, 0.717) is 34.0 Å². The standard InChI is InChI=1S/C21H22N4O4S/c1-3-9-24(12-18-22-14-8-10-30-19(14)20(27)23-18)21(28)17-11-25(13(2)26)15-6-4-5-7-16(15)29-17/h4-8,10,17H,3,9,11-12H2,1-2H3,(H,22,23,27)/t17-/m0/s1. The Kier molecular flexibility index (Phi) is 5.54. The van der Waals surface area contributed by atoms with Crippen molar-refractivity contribution >= 4 is 39.1 Å². The molecule has 3 aromatic rings. The summed E-state index contributed by atoms with van der Waals surface area (Å²) < 4.78 is 6.51. The first kappa shape index (κ1) is 20.1. The number of carbonyl (C=O) groups excluding carboxylic acids is 2. The predicted molar refractivity (Wildman–Crippen MR) is 115 cm³/mol. The third kappa shape index (κ3) is 3.80. The van der Waals surface area contributed by atoms with Gasteiger partial charge in [0, 0.05) is 13.5 Å². The van der Waals surface area contributed by atoms with E-state index in [4.69, 9.17) is 4.74 Å². The lowest BCUT2D eigenvalue weighted by Crippen LogP contribution is -2.51. The third-order valence-corrected chi connectivity index (χ3v) is 5.84. The Balaban J connectivity index is 1.60. The molecule has 2 aromatic heterocycles. The van der Waals surface area contributed by atoms with Crippen LogP contribution < -0.4 is 15.2 Å². The first-order valence-electron chi connectivity index (χ1n) is 9.77. The molecule has 30 heavy (non-hydrogen) atoms. The van der Waals surface area contributed by atoms with Crippen LogP contribution in [0.5, 0.6) is 5.75 Å². The van der Waals surface area contributed by atoms with Crippen LogP contribution in [-0.2, 0) is 16.1 Å². The van der Waals surface area contributed by atoms with Gasteiger partial charge in [-0.25, -0.2) is 4.98 Å². The molecule has 1 N–H and O–H groups in total. The lowest BCUT2D eigenvalue weighted by molar-refractivity contribution is -0.139. The van der Waals surface area contributed by atoms with E-state index in [2.05, 4.69) is 9.97 Å². The van der Waals surface area contributed by atoms with Gasteiger partial charge in [0.25, 0.3) is 11.5 Å². The smallest absolute Gasteiger partial charge is 0.268 e. The van der Waals surface area contributed by atoms with Crippen molar-refractivity contribution in [3.63, 3.8) is 0 Å². The Morgan fingerprint density at radius 3 is 2.90 bits per heavy atom. The number of nitrogens with one attached hydrogen (secondary N) is 1. The van der Waals surface area contributed by atoms with Crippen LogP contribution in [0, 0.1) is 0 Å². The first-order valence-corrected chi connectivity index (χ1v) is 10.6. The van der Waals surface area contributed by atoms with Gasteiger partial charge in [-0.3, -0.25) is 14.4 Å². The van der Waals surface area contributed by atoms with E-state index < -0.39 is 6.10 Å². The summed E-state index contributed by atoms with van der Waals surface area (Å²) in [6, 6.07) is 8.96. The first-order chi connectivity index (χ1) is 14.5. The van der Waals surface area contributed by atoms with E-state index in [-0.39, 0.29) is 30.5 Å². The van der Waals surface area contributed by atoms with Crippen LogP contribution in [0.15, 0.2) is 40.5 Å². The highest BCUT2D eigenvalue weighted by molar-refractivity contribution is 7.17. The van der Waals surface area contributed by atoms with Crippen LogP contribution in [0.2, 0.25) is 0 Å². The summed E-state index contributed by atoms with van der Waals surface area (Å²) in [7, 11) is 0. The minimum Gasteiger partial charge on any atom is -0.476 e. The molecule has 0 saturated carbocycles. The van der Waals surface area contributed by atoms with E-state index >= 15 is 0 Å². The van der Waals surface area contributed by atoms with Crippen LogP contribution in [0.3, 0.4) is 0 Å². The molecule has 0 bridgehead atoms. The quantitative estimate of drug-likeness (QED) is 0.676. The summed E-state index contributed by atoms with van der Waals surface area (Å²) in [6.07, 6.45) is -0.0944. The SMILES string of the molecule is CCCN(Cc1nc2ccsc2c(=O)[nH]1)C(=O)[C@@H]1CN(C(C)=O)c2ccccc2O1. The third-order valence-electron chi connectivity index (χ3n) is 4.94. The normalized spacial score (nSPS) is 15.5. The Labute approximate surface area is 177 Å². The number of benzene rings is 1. The number of H-pyrrole nitrogens is 1. The van der Waals surface area contributed by atoms with Crippen molar-refractivity contribution in [2.24, 2.45) is 0 Å². The lowest BCUT2D eigenvalue weighted by Gasteiger charge is -2.35. The van der Waals surface area contributed by atoms with Gasteiger partial charge in [-0.05, 0) is 30.0 Å². The lowest BCUT2D eigenvalue weighted by atomic mass is 10.1. The number of fused-ring (bicyclic) bond motifs is 2. The maximum atomic E-state index is 13.3. The molecule has 4 rings (SSSR count). The summed E-state index contributed by atoms with van der Waals surface area (Å²) in [4.78, 5) is 48.2. The van der Waals surface area contributed by atoms with E-state index in [1.54, 1.807) is 34.1 Å². The van der Waals surface area contributed by atoms with E-state index in [0.717, 1.165) is 6.42 Å². The van der Waals surface area contributed by atoms with Gasteiger partial charge in [0.15, 0.2) is 6.10 Å². The van der Waals surface area contributed by atoms with Crippen molar-refractivity contribution in [1.29, 1.82) is 0 Å². The van der Waals surface area contributed by atoms with Crippen molar-refractivity contribution in [3.8, 4) is 5.75 Å². The van der Waals surface area contributed by atoms with Crippen molar-refractivity contribution in [1.82, 2.24) is 14.9 Å². The maximum Gasteiger partial charge on any atom is 0.268 e. The largest absolute Gasteiger partial charge is 0.476 e. The predicted octanol–water partition coefficient (Wildman–Crippen LogP) is 2.54. The number of para-hydroxylation sites is 2. The van der Waals surface area contributed by atoms with Gasteiger partial charge in [0.1, 0.15) is 16.3 Å². The van der Waals surface area contributed by atoms with Crippen LogP contribution in [0.25, 0.3) is 10.2 Å². The Morgan fingerprint density at radius 2 is 2.13 bits per heavy atom. The van der Waals surface area contributed by atoms with Crippen molar-refractivity contribution in [3.05, 3.63) is 51.9 Å². The molecule has 1 atom stereocenters. The molecule has 0 saturated heterocycles. The average Bonchev–Trinajstić information content (AvgIpc) is 3.21. The molecule has 0 spiro atoms. The molecule has 9 heteroatoms. The molecule has 0 aliphatic carbocycles. The highest BCUT2D eigenvalue weighted by atomic mass is 32.1. The molecule has 0 fully saturated rings. The topological polar surface area (TPSA) is 95.6 Å². The minimum absolute atomic E-state index is 0.138. The summed E-state index contributed by atoms with van der Waals surface area (Å²) in [5, 5.41) is 1.81. The monoisotopic (exact) mass is 426 g/mol. The molecule has 1 aromatic carbocycles. The molecule has 156 valence electrons. The summed E-state index contributed by atoms with van der Waals surface area (Å²) >= 11 is 1.33. The van der Waals surface area contributed by atoms with Gasteiger partial charge in [-0.1, -0.05) is 19.1 Å². The Hall–Kier alpha value is -3.20. The number of aromatic nitrogens is 2. The highest BCUT2D eigenvalue weighted by Gasteiger charge is 2.35. The fraction of sp³-hybridized carbons (Fsp3) is 0.333. The zero-order chi connectivity index (χ0) is 21.3. The summed E-state index contributed by atoms with van der Waals surface area (Å²) in [5.41, 5.74) is 1.07. The number of hydrogen-bond acceptors (Lipinski definition) is 6. The van der Waals surface area contributed by atoms with Crippen LogP contribution in [0.1, 0.15) is 26.1 Å². The number of anilines is 1. The highest BCUT2D eigenvalue weighted by Crippen LogP contribution is 2.33. The van der Waals surface area contributed by atoms with Gasteiger partial charge in [0.2, 0.25) is 5.91 Å². The second kappa shape index (κ2) is 8.27. The molecule has 3 heterocycles. The van der Waals surface area contributed by atoms with Crippen LogP contribution >= 0.6 is 11.3 Å². The molecule has 8 nitrogen and oxygen atoms in total. The minimum atomic E-state index is -0.827. The number of rotatable bonds is 5. The van der Waals surface area contributed by atoms with Gasteiger partial charge in [-0.15, -0.1) is 11.3 Å². The second-order valence-corrected chi connectivity index (χ2v) is 8.03. The van der Waals surface area contributed by atoms with Crippen LogP contribution in [-0.4, -0.2) is 45.9 Å². The maximum absolute atomic E-state index is 13.3. The fourth-order valence-electron chi connectivity index (χ4n) is 3.58. The summed E-state index contributed by atoms with van der Waals surface area (Å²) in [5.74, 6) is 0.525. The Bertz CT molecular complexity index is 1160. The Morgan fingerprint density at radius 1 is 1.33 bits per heavy atom. The van der Waals surface area contributed by atoms with Gasteiger partial charge in [0.05, 0.1) is 24.3 Å². The van der Waals surface area contributed by atoms with E-state index in [1.165, 1.54) is 18.3 Å². The summed E-state index contributed by atoms with van der Waals surface area (Å²) in [6.45, 7) is 4.22. The zero-order valence-corrected chi connectivity index (χ0v) is 17.6. The zero-order valence-electron chi connectivity index (χ0n) is 16.8. The second-order valence-electron chi connectivity index (χ2n) is 7.11. The molecule has 0 unspecified atom stereocenters. The van der Waals surface area contributed by atoms with E-state index in [1.807, 2.05) is 18.4 Å². The average molecular weight is 426 g/mol. The van der Waals surface area contributed by atoms with Gasteiger partial charge < -0.3 is 19.5 Å². The fourth-order valence-corrected chi connectivity index (χ4v) is 4.30. The number of hydrogen-bond donors (Lipinski definition) is 1. The number of aromatic amines is 1. The van der Waals surface area contributed by atoms with Crippen molar-refractivity contribution in [2.45, 2.75) is 32.9 Å². The molecular weight excluding hydrogens is 404 g/mol. The molecule has 1 aliphatic heterocycles. The van der Waals surface area contributed by atoms with Gasteiger partial charge >= 0.3 is 0 Å². The number of nitrogens with zero attached hydrogens (tertiary/aromatic N) is 3. The molecule has 2 amide bonds. The van der Waals surface area contributed by atoms with Gasteiger partial charge in [-0.2, -0.15) is 0 Å². The number of ether oxygens (including phenoxy) is 1. The van der Waals surface area contributed by atoms with Crippen LogP contribution in [0.4, 0.5) is 5.69 Å². The van der Waals surface area contributed by atoms with E-state index in [9.17, 15) is 14.4 Å². The number of carbonyl (C=O) groups is 2. The van der Waals surface area contributed by atoms with Crippen molar-refractivity contribution < 1.29 is 14.3 Å². The molecule has 0 radical (unpaired) electrons. The molecule has 1 aliphatic rings.